The van der Waals surface area contributed by atoms with E-state index in [4.69, 9.17) is 11.6 Å². The average Bonchev–Trinajstić information content (AvgIpc) is 2.38. The zero-order chi connectivity index (χ0) is 13.0. The van der Waals surface area contributed by atoms with Crippen LogP contribution in [-0.2, 0) is 6.54 Å². The first-order valence-electron chi connectivity index (χ1n) is 5.37. The second-order valence-electron chi connectivity index (χ2n) is 3.75. The maximum atomic E-state index is 12.4. The molecule has 0 unspecified atom stereocenters. The van der Waals surface area contributed by atoms with Crippen molar-refractivity contribution >= 4 is 17.3 Å². The van der Waals surface area contributed by atoms with E-state index in [1.54, 1.807) is 30.6 Å². The summed E-state index contributed by atoms with van der Waals surface area (Å²) in [5, 5.41) is 3.67. The second-order valence-corrected chi connectivity index (χ2v) is 4.16. The summed E-state index contributed by atoms with van der Waals surface area (Å²) in [5.41, 5.74) is 1.65. The van der Waals surface area contributed by atoms with Crippen LogP contribution in [0.3, 0.4) is 0 Å². The van der Waals surface area contributed by atoms with Gasteiger partial charge in [-0.2, -0.15) is 0 Å². The first-order valence-corrected chi connectivity index (χ1v) is 5.75. The van der Waals surface area contributed by atoms with E-state index in [-0.39, 0.29) is 5.56 Å². The molecule has 0 atom stereocenters. The van der Waals surface area contributed by atoms with Gasteiger partial charge >= 0.3 is 0 Å². The van der Waals surface area contributed by atoms with E-state index >= 15 is 0 Å². The van der Waals surface area contributed by atoms with Crippen molar-refractivity contribution < 1.29 is 8.78 Å². The minimum Gasteiger partial charge on any atom is -0.379 e. The van der Waals surface area contributed by atoms with Gasteiger partial charge in [-0.15, -0.1) is 0 Å². The van der Waals surface area contributed by atoms with Crippen LogP contribution in [0.4, 0.5) is 14.5 Å². The number of benzene rings is 1. The molecule has 0 aliphatic heterocycles. The number of pyridine rings is 1. The summed E-state index contributed by atoms with van der Waals surface area (Å²) in [6, 6.07) is 7.86. The molecule has 5 heteroatoms. The normalized spacial score (nSPS) is 10.7. The number of anilines is 1. The van der Waals surface area contributed by atoms with Gasteiger partial charge in [0, 0.05) is 18.3 Å². The van der Waals surface area contributed by atoms with Crippen LogP contribution in [-0.4, -0.2) is 4.98 Å². The van der Waals surface area contributed by atoms with Crippen LogP contribution < -0.4 is 5.32 Å². The number of aromatic nitrogens is 1. The lowest BCUT2D eigenvalue weighted by molar-refractivity contribution is 0.151. The van der Waals surface area contributed by atoms with Crippen LogP contribution in [0.5, 0.6) is 0 Å². The summed E-state index contributed by atoms with van der Waals surface area (Å²) < 4.78 is 24.7. The molecule has 0 spiro atoms. The van der Waals surface area contributed by atoms with E-state index in [1.165, 1.54) is 12.1 Å². The lowest BCUT2D eigenvalue weighted by Gasteiger charge is -2.08. The Hall–Kier alpha value is -1.68. The topological polar surface area (TPSA) is 24.9 Å². The molecule has 2 nitrogen and oxygen atoms in total. The third-order valence-corrected chi connectivity index (χ3v) is 2.81. The smallest absolute Gasteiger partial charge is 0.263 e. The highest BCUT2D eigenvalue weighted by molar-refractivity contribution is 6.33. The van der Waals surface area contributed by atoms with Gasteiger partial charge < -0.3 is 5.32 Å². The first-order chi connectivity index (χ1) is 8.66. The van der Waals surface area contributed by atoms with Crippen molar-refractivity contribution in [1.82, 2.24) is 4.98 Å². The molecular formula is C13H11ClF2N2. The van der Waals surface area contributed by atoms with E-state index in [9.17, 15) is 8.78 Å². The molecule has 0 aliphatic carbocycles. The van der Waals surface area contributed by atoms with Crippen LogP contribution >= 0.6 is 11.6 Å². The van der Waals surface area contributed by atoms with Gasteiger partial charge in [-0.3, -0.25) is 4.98 Å². The van der Waals surface area contributed by atoms with Gasteiger partial charge in [-0.05, 0) is 11.6 Å². The van der Waals surface area contributed by atoms with Gasteiger partial charge in [-0.25, -0.2) is 8.78 Å². The molecule has 18 heavy (non-hydrogen) atoms. The molecule has 0 aliphatic rings. The summed E-state index contributed by atoms with van der Waals surface area (Å²) in [7, 11) is 0. The van der Waals surface area contributed by atoms with E-state index in [0.717, 1.165) is 11.3 Å². The zero-order valence-electron chi connectivity index (χ0n) is 9.41. The van der Waals surface area contributed by atoms with Crippen LogP contribution in [0, 0.1) is 0 Å². The zero-order valence-corrected chi connectivity index (χ0v) is 10.2. The molecule has 2 rings (SSSR count). The number of halogens is 3. The SMILES string of the molecule is FC(F)c1ccc(CNc2cnccc2Cl)cc1. The molecule has 0 saturated heterocycles. The van der Waals surface area contributed by atoms with Gasteiger partial charge in [-0.1, -0.05) is 35.9 Å². The highest BCUT2D eigenvalue weighted by Crippen LogP contribution is 2.21. The minimum atomic E-state index is -2.43. The fourth-order valence-corrected chi connectivity index (χ4v) is 1.66. The number of hydrogen-bond acceptors (Lipinski definition) is 2. The molecule has 1 aromatic heterocycles. The third kappa shape index (κ3) is 3.17. The third-order valence-electron chi connectivity index (χ3n) is 2.48. The van der Waals surface area contributed by atoms with Gasteiger partial charge in [0.05, 0.1) is 16.9 Å². The Morgan fingerprint density at radius 2 is 1.89 bits per heavy atom. The summed E-state index contributed by atoms with van der Waals surface area (Å²) in [4.78, 5) is 3.95. The van der Waals surface area contributed by atoms with Crippen LogP contribution in [0.2, 0.25) is 5.02 Å². The molecule has 0 bridgehead atoms. The lowest BCUT2D eigenvalue weighted by Crippen LogP contribution is -2.00. The molecule has 94 valence electrons. The molecular weight excluding hydrogens is 258 g/mol. The predicted octanol–water partition coefficient (Wildman–Crippen LogP) is 4.28. The number of alkyl halides is 2. The maximum Gasteiger partial charge on any atom is 0.263 e. The Kier molecular flexibility index (Phi) is 4.10. The van der Waals surface area contributed by atoms with E-state index in [2.05, 4.69) is 10.3 Å². The summed E-state index contributed by atoms with van der Waals surface area (Å²) >= 11 is 5.96. The Labute approximate surface area is 109 Å². The predicted molar refractivity (Wildman–Crippen MR) is 68.0 cm³/mol. The molecule has 0 saturated carbocycles. The van der Waals surface area contributed by atoms with Crippen LogP contribution in [0.25, 0.3) is 0 Å². The fourth-order valence-electron chi connectivity index (χ4n) is 1.49. The minimum absolute atomic E-state index is 0.0261. The van der Waals surface area contributed by atoms with Crippen molar-refractivity contribution in [3.05, 3.63) is 58.9 Å². The van der Waals surface area contributed by atoms with Crippen molar-refractivity contribution in [3.8, 4) is 0 Å². The van der Waals surface area contributed by atoms with Crippen LogP contribution in [0.1, 0.15) is 17.6 Å². The molecule has 0 amide bonds. The first kappa shape index (κ1) is 12.8. The summed E-state index contributed by atoms with van der Waals surface area (Å²) in [6.45, 7) is 0.509. The standard InChI is InChI=1S/C13H11ClF2N2/c14-11-5-6-17-8-12(11)18-7-9-1-3-10(4-2-9)13(15)16/h1-6,8,13,18H,7H2. The molecule has 1 aromatic carbocycles. The van der Waals surface area contributed by atoms with Crippen molar-refractivity contribution in [2.24, 2.45) is 0 Å². The van der Waals surface area contributed by atoms with Gasteiger partial charge in [0.15, 0.2) is 0 Å². The number of nitrogens with zero attached hydrogens (tertiary/aromatic N) is 1. The Bertz CT molecular complexity index is 515. The molecule has 0 radical (unpaired) electrons. The van der Waals surface area contributed by atoms with Crippen LogP contribution in [0.15, 0.2) is 42.7 Å². The Balaban J connectivity index is 2.00. The van der Waals surface area contributed by atoms with Crippen molar-refractivity contribution in [2.45, 2.75) is 13.0 Å². The molecule has 1 N–H and O–H groups in total. The lowest BCUT2D eigenvalue weighted by atomic mass is 10.1. The molecule has 2 aromatic rings. The highest BCUT2D eigenvalue weighted by Gasteiger charge is 2.06. The second kappa shape index (κ2) is 5.78. The number of hydrogen-bond donors (Lipinski definition) is 1. The number of nitrogens with one attached hydrogen (secondary N) is 1. The fraction of sp³-hybridized carbons (Fsp3) is 0.154. The van der Waals surface area contributed by atoms with Crippen molar-refractivity contribution in [1.29, 1.82) is 0 Å². The number of rotatable bonds is 4. The van der Waals surface area contributed by atoms with Crippen molar-refractivity contribution in [2.75, 3.05) is 5.32 Å². The molecule has 0 fully saturated rings. The van der Waals surface area contributed by atoms with Crippen molar-refractivity contribution in [3.63, 3.8) is 0 Å². The Morgan fingerprint density at radius 3 is 2.50 bits per heavy atom. The van der Waals surface area contributed by atoms with Gasteiger partial charge in [0.25, 0.3) is 6.43 Å². The average molecular weight is 269 g/mol. The summed E-state index contributed by atoms with van der Waals surface area (Å²) in [5.74, 6) is 0. The van der Waals surface area contributed by atoms with E-state index < -0.39 is 6.43 Å². The van der Waals surface area contributed by atoms with E-state index in [0.29, 0.717) is 11.6 Å². The maximum absolute atomic E-state index is 12.4. The monoisotopic (exact) mass is 268 g/mol. The highest BCUT2D eigenvalue weighted by atomic mass is 35.5. The quantitative estimate of drug-likeness (QED) is 0.895. The molecule has 1 heterocycles. The van der Waals surface area contributed by atoms with Gasteiger partial charge in [0.2, 0.25) is 0 Å². The van der Waals surface area contributed by atoms with E-state index in [1.807, 2.05) is 0 Å². The largest absolute Gasteiger partial charge is 0.379 e. The Morgan fingerprint density at radius 1 is 1.17 bits per heavy atom. The summed E-state index contributed by atoms with van der Waals surface area (Å²) in [6.07, 6.45) is 0.792. The van der Waals surface area contributed by atoms with Gasteiger partial charge in [0.1, 0.15) is 0 Å².